The molecule has 106 valence electrons. The third-order valence-corrected chi connectivity index (χ3v) is 4.86. The van der Waals surface area contributed by atoms with Gasteiger partial charge in [-0.2, -0.15) is 0 Å². The highest BCUT2D eigenvalue weighted by Gasteiger charge is 2.44. The predicted molar refractivity (Wildman–Crippen MR) is 74.2 cm³/mol. The van der Waals surface area contributed by atoms with Crippen molar-refractivity contribution < 1.29 is 9.53 Å². The summed E-state index contributed by atoms with van der Waals surface area (Å²) in [6, 6.07) is 0. The molecule has 0 unspecified atom stereocenters. The number of hydrogen-bond acceptors (Lipinski definition) is 6. The summed E-state index contributed by atoms with van der Waals surface area (Å²) >= 11 is 7.20. The maximum Gasteiger partial charge on any atom is 0.326 e. The summed E-state index contributed by atoms with van der Waals surface area (Å²) in [6.07, 6.45) is 4.91. The molecule has 1 aromatic heterocycles. The summed E-state index contributed by atoms with van der Waals surface area (Å²) in [5, 5.41) is 4.01. The molecule has 19 heavy (non-hydrogen) atoms. The second kappa shape index (κ2) is 6.15. The van der Waals surface area contributed by atoms with Gasteiger partial charge in [-0.3, -0.25) is 9.69 Å². The highest BCUT2D eigenvalue weighted by atomic mass is 35.5. The molecule has 2 rings (SSSR count). The van der Waals surface area contributed by atoms with Crippen molar-refractivity contribution >= 4 is 29.1 Å². The molecule has 1 saturated carbocycles. The van der Waals surface area contributed by atoms with Crippen molar-refractivity contribution in [2.45, 2.75) is 44.2 Å². The monoisotopic (exact) mass is 303 g/mol. The Bertz CT molecular complexity index is 446. The fourth-order valence-electron chi connectivity index (χ4n) is 2.74. The van der Waals surface area contributed by atoms with Gasteiger partial charge in [0, 0.05) is 18.1 Å². The number of likely N-dealkylation sites (N-methyl/N-ethyl adjacent to an activating group) is 1. The minimum Gasteiger partial charge on any atom is -0.468 e. The van der Waals surface area contributed by atoms with Gasteiger partial charge >= 0.3 is 5.97 Å². The Hall–Kier alpha value is -0.720. The van der Waals surface area contributed by atoms with Crippen LogP contribution in [0.25, 0.3) is 0 Å². The second-order valence-corrected chi connectivity index (χ2v) is 6.29. The Balaban J connectivity index is 2.18. The van der Waals surface area contributed by atoms with Crippen molar-refractivity contribution in [1.82, 2.24) is 14.5 Å². The van der Waals surface area contributed by atoms with Crippen LogP contribution >= 0.6 is 23.1 Å². The van der Waals surface area contributed by atoms with Crippen molar-refractivity contribution in [2.75, 3.05) is 14.2 Å². The number of halogens is 1. The van der Waals surface area contributed by atoms with Crippen LogP contribution in [0.3, 0.4) is 0 Å². The Morgan fingerprint density at radius 2 is 2.16 bits per heavy atom. The molecule has 7 heteroatoms. The summed E-state index contributed by atoms with van der Waals surface area (Å²) in [7, 11) is 3.38. The first kappa shape index (κ1) is 14.7. The first-order chi connectivity index (χ1) is 9.10. The number of hydrogen-bond donors (Lipinski definition) is 0. The Morgan fingerprint density at radius 3 is 2.68 bits per heavy atom. The minimum absolute atomic E-state index is 0.158. The van der Waals surface area contributed by atoms with Gasteiger partial charge in [0.1, 0.15) is 15.6 Å². The summed E-state index contributed by atoms with van der Waals surface area (Å²) < 4.78 is 9.43. The molecular weight excluding hydrogens is 286 g/mol. The minimum atomic E-state index is -0.542. The van der Waals surface area contributed by atoms with E-state index in [-0.39, 0.29) is 5.97 Å². The first-order valence-corrected chi connectivity index (χ1v) is 7.51. The van der Waals surface area contributed by atoms with E-state index in [1.165, 1.54) is 25.1 Å². The lowest BCUT2D eigenvalue weighted by Gasteiger charge is -2.41. The lowest BCUT2D eigenvalue weighted by Crippen LogP contribution is -2.54. The van der Waals surface area contributed by atoms with E-state index < -0.39 is 5.54 Å². The number of rotatable bonds is 4. The van der Waals surface area contributed by atoms with Crippen LogP contribution in [0, 0.1) is 0 Å². The van der Waals surface area contributed by atoms with Crippen molar-refractivity contribution in [3.63, 3.8) is 0 Å². The average Bonchev–Trinajstić information content (AvgIpc) is 2.84. The third-order valence-electron chi connectivity index (χ3n) is 3.87. The van der Waals surface area contributed by atoms with Gasteiger partial charge in [0.15, 0.2) is 0 Å². The zero-order valence-electron chi connectivity index (χ0n) is 11.2. The molecule has 0 amide bonds. The van der Waals surface area contributed by atoms with E-state index in [0.717, 1.165) is 31.4 Å². The maximum atomic E-state index is 12.2. The third kappa shape index (κ3) is 2.90. The molecule has 1 aliphatic carbocycles. The van der Waals surface area contributed by atoms with Gasteiger partial charge in [-0.1, -0.05) is 35.4 Å². The number of esters is 1. The first-order valence-electron chi connectivity index (χ1n) is 6.36. The lowest BCUT2D eigenvalue weighted by atomic mass is 9.80. The normalized spacial score (nSPS) is 18.5. The van der Waals surface area contributed by atoms with Gasteiger partial charge in [0.25, 0.3) is 0 Å². The molecule has 1 fully saturated rings. The molecule has 0 bridgehead atoms. The molecule has 5 nitrogen and oxygen atoms in total. The van der Waals surface area contributed by atoms with Crippen molar-refractivity contribution in [1.29, 1.82) is 0 Å². The van der Waals surface area contributed by atoms with Gasteiger partial charge in [0.05, 0.1) is 7.11 Å². The summed E-state index contributed by atoms with van der Waals surface area (Å²) in [4.78, 5) is 14.2. The Labute approximate surface area is 122 Å². The van der Waals surface area contributed by atoms with Gasteiger partial charge in [-0.05, 0) is 19.9 Å². The molecule has 1 heterocycles. The van der Waals surface area contributed by atoms with Crippen molar-refractivity contribution in [3.8, 4) is 0 Å². The van der Waals surface area contributed by atoms with Crippen LogP contribution in [0.5, 0.6) is 0 Å². The van der Waals surface area contributed by atoms with E-state index in [9.17, 15) is 4.79 Å². The topological polar surface area (TPSA) is 55.3 Å². The van der Waals surface area contributed by atoms with E-state index in [1.54, 1.807) is 0 Å². The quantitative estimate of drug-likeness (QED) is 0.800. The zero-order chi connectivity index (χ0) is 13.9. The standard InChI is InChI=1S/C12H18ClN3O2S/c1-16(8-9-10(13)19-15-14-9)12(11(17)18-2)6-4-3-5-7-12/h3-8H2,1-2H3. The SMILES string of the molecule is COC(=O)C1(N(C)Cc2nnsc2Cl)CCCCC1. The van der Waals surface area contributed by atoms with Crippen LogP contribution in [0.4, 0.5) is 0 Å². The van der Waals surface area contributed by atoms with E-state index in [2.05, 4.69) is 9.59 Å². The number of carbonyl (C=O) groups is 1. The lowest BCUT2D eigenvalue weighted by molar-refractivity contribution is -0.157. The number of aromatic nitrogens is 2. The summed E-state index contributed by atoms with van der Waals surface area (Å²) in [6.45, 7) is 0.518. The fourth-order valence-corrected chi connectivity index (χ4v) is 3.35. The van der Waals surface area contributed by atoms with Crippen molar-refractivity contribution in [2.24, 2.45) is 0 Å². The molecule has 0 atom stereocenters. The van der Waals surface area contributed by atoms with Gasteiger partial charge < -0.3 is 4.74 Å². The van der Waals surface area contributed by atoms with Gasteiger partial charge in [0.2, 0.25) is 0 Å². The maximum absolute atomic E-state index is 12.2. The largest absolute Gasteiger partial charge is 0.468 e. The Morgan fingerprint density at radius 1 is 1.47 bits per heavy atom. The smallest absolute Gasteiger partial charge is 0.326 e. The summed E-state index contributed by atoms with van der Waals surface area (Å²) in [5.74, 6) is -0.158. The molecule has 0 aliphatic heterocycles. The average molecular weight is 304 g/mol. The van der Waals surface area contributed by atoms with Crippen LogP contribution in [0.2, 0.25) is 4.34 Å². The highest BCUT2D eigenvalue weighted by molar-refractivity contribution is 7.10. The number of ether oxygens (including phenoxy) is 1. The van der Waals surface area contributed by atoms with E-state index in [1.807, 2.05) is 11.9 Å². The van der Waals surface area contributed by atoms with Gasteiger partial charge in [-0.25, -0.2) is 0 Å². The molecule has 0 radical (unpaired) electrons. The zero-order valence-corrected chi connectivity index (χ0v) is 12.8. The van der Waals surface area contributed by atoms with Gasteiger partial charge in [-0.15, -0.1) is 5.10 Å². The second-order valence-electron chi connectivity index (χ2n) is 4.93. The predicted octanol–water partition coefficient (Wildman–Crippen LogP) is 2.50. The van der Waals surface area contributed by atoms with Crippen molar-refractivity contribution in [3.05, 3.63) is 10.0 Å². The fraction of sp³-hybridized carbons (Fsp3) is 0.750. The van der Waals surface area contributed by atoms with E-state index >= 15 is 0 Å². The van der Waals surface area contributed by atoms with Crippen LogP contribution in [-0.4, -0.2) is 40.2 Å². The van der Waals surface area contributed by atoms with E-state index in [0.29, 0.717) is 10.9 Å². The highest BCUT2D eigenvalue weighted by Crippen LogP contribution is 2.35. The number of nitrogens with zero attached hydrogens (tertiary/aromatic N) is 3. The van der Waals surface area contributed by atoms with Crippen LogP contribution in [-0.2, 0) is 16.1 Å². The number of carbonyl (C=O) groups excluding carboxylic acids is 1. The number of methoxy groups -OCH3 is 1. The summed E-state index contributed by atoms with van der Waals surface area (Å²) in [5.41, 5.74) is 0.183. The van der Waals surface area contributed by atoms with E-state index in [4.69, 9.17) is 16.3 Å². The molecule has 0 N–H and O–H groups in total. The molecular formula is C12H18ClN3O2S. The molecule has 1 aliphatic rings. The molecule has 0 aromatic carbocycles. The van der Waals surface area contributed by atoms with Crippen LogP contribution in [0.15, 0.2) is 0 Å². The van der Waals surface area contributed by atoms with Crippen LogP contribution < -0.4 is 0 Å². The Kier molecular flexibility index (Phi) is 4.76. The molecule has 0 spiro atoms. The molecule has 1 aromatic rings. The van der Waals surface area contributed by atoms with Crippen LogP contribution in [0.1, 0.15) is 37.8 Å². The molecule has 0 saturated heterocycles.